The van der Waals surface area contributed by atoms with Crippen molar-refractivity contribution in [3.63, 3.8) is 0 Å². The Balaban J connectivity index is 1.61. The number of carbonyl (C=O) groups excluding carboxylic acids is 1. The first-order chi connectivity index (χ1) is 12.1. The first kappa shape index (κ1) is 16.6. The molecule has 1 heterocycles. The van der Waals surface area contributed by atoms with Gasteiger partial charge in [-0.15, -0.1) is 0 Å². The monoisotopic (exact) mass is 340 g/mol. The minimum Gasteiger partial charge on any atom is -0.332 e. The van der Waals surface area contributed by atoms with E-state index in [1.165, 1.54) is 19.3 Å². The number of rotatable bonds is 6. The van der Waals surface area contributed by atoms with Gasteiger partial charge in [0.25, 0.3) is 5.91 Å². The standard InChI is InChI=1S/C20H28N4O/c1-2-5-23-14-18(13-22-23)19(25)24(6-3-4-21)20-10-15-7-16(11-20)9-17(8-15)12-20/h13-17H,2-3,5-12H2,1H3. The van der Waals surface area contributed by atoms with Gasteiger partial charge in [-0.3, -0.25) is 9.48 Å². The van der Waals surface area contributed by atoms with E-state index in [4.69, 9.17) is 5.26 Å². The molecule has 25 heavy (non-hydrogen) atoms. The second kappa shape index (κ2) is 6.48. The Morgan fingerprint density at radius 3 is 2.52 bits per heavy atom. The first-order valence-electron chi connectivity index (χ1n) is 9.85. The van der Waals surface area contributed by atoms with Gasteiger partial charge in [-0.2, -0.15) is 10.4 Å². The van der Waals surface area contributed by atoms with E-state index in [0.717, 1.165) is 50.0 Å². The Labute approximate surface area is 150 Å². The Morgan fingerprint density at radius 2 is 1.96 bits per heavy atom. The van der Waals surface area contributed by atoms with E-state index in [-0.39, 0.29) is 11.4 Å². The highest BCUT2D eigenvalue weighted by atomic mass is 16.2. The van der Waals surface area contributed by atoms with Crippen LogP contribution < -0.4 is 0 Å². The molecule has 1 aromatic rings. The van der Waals surface area contributed by atoms with Gasteiger partial charge in [0.1, 0.15) is 0 Å². The van der Waals surface area contributed by atoms with E-state index in [0.29, 0.717) is 18.5 Å². The number of aromatic nitrogens is 2. The summed E-state index contributed by atoms with van der Waals surface area (Å²) in [6.07, 6.45) is 12.5. The third kappa shape index (κ3) is 2.96. The van der Waals surface area contributed by atoms with Gasteiger partial charge in [-0.05, 0) is 62.7 Å². The topological polar surface area (TPSA) is 61.9 Å². The van der Waals surface area contributed by atoms with Crippen LogP contribution in [0.2, 0.25) is 0 Å². The fourth-order valence-corrected chi connectivity index (χ4v) is 6.09. The predicted octanol–water partition coefficient (Wildman–Crippen LogP) is 3.62. The molecule has 0 radical (unpaired) electrons. The largest absolute Gasteiger partial charge is 0.332 e. The van der Waals surface area contributed by atoms with Crippen molar-refractivity contribution in [3.8, 4) is 6.07 Å². The molecule has 0 saturated heterocycles. The quantitative estimate of drug-likeness (QED) is 0.794. The predicted molar refractivity (Wildman–Crippen MR) is 94.7 cm³/mol. The molecule has 1 amide bonds. The van der Waals surface area contributed by atoms with Crippen molar-refractivity contribution in [2.75, 3.05) is 6.54 Å². The lowest BCUT2D eigenvalue weighted by Crippen LogP contribution is -2.61. The molecule has 4 fully saturated rings. The fraction of sp³-hybridized carbons (Fsp3) is 0.750. The molecule has 0 unspecified atom stereocenters. The van der Waals surface area contributed by atoms with Crippen molar-refractivity contribution in [2.24, 2.45) is 17.8 Å². The second-order valence-electron chi connectivity index (χ2n) is 8.50. The van der Waals surface area contributed by atoms with Crippen LogP contribution in [0.15, 0.2) is 12.4 Å². The molecule has 5 heteroatoms. The average molecular weight is 340 g/mol. The fourth-order valence-electron chi connectivity index (χ4n) is 6.09. The summed E-state index contributed by atoms with van der Waals surface area (Å²) in [4.78, 5) is 15.4. The van der Waals surface area contributed by atoms with Gasteiger partial charge in [0, 0.05) is 24.8 Å². The maximum absolute atomic E-state index is 13.3. The molecule has 0 N–H and O–H groups in total. The van der Waals surface area contributed by atoms with Gasteiger partial charge in [0.15, 0.2) is 0 Å². The number of hydrogen-bond acceptors (Lipinski definition) is 3. The van der Waals surface area contributed by atoms with Crippen LogP contribution in [0.25, 0.3) is 0 Å². The van der Waals surface area contributed by atoms with Crippen molar-refractivity contribution >= 4 is 5.91 Å². The molecule has 4 saturated carbocycles. The van der Waals surface area contributed by atoms with Crippen LogP contribution >= 0.6 is 0 Å². The van der Waals surface area contributed by atoms with Crippen molar-refractivity contribution < 1.29 is 4.79 Å². The molecule has 4 aliphatic rings. The Kier molecular flexibility index (Phi) is 4.31. The lowest BCUT2D eigenvalue weighted by molar-refractivity contribution is -0.0740. The molecule has 5 nitrogen and oxygen atoms in total. The van der Waals surface area contributed by atoms with Crippen molar-refractivity contribution in [2.45, 2.75) is 70.4 Å². The molecule has 134 valence electrons. The first-order valence-corrected chi connectivity index (χ1v) is 9.85. The van der Waals surface area contributed by atoms with Gasteiger partial charge in [-0.25, -0.2) is 0 Å². The lowest BCUT2D eigenvalue weighted by atomic mass is 9.52. The summed E-state index contributed by atoms with van der Waals surface area (Å²) in [6.45, 7) is 3.50. The summed E-state index contributed by atoms with van der Waals surface area (Å²) in [5, 5.41) is 13.5. The minimum absolute atomic E-state index is 0.00442. The zero-order valence-electron chi connectivity index (χ0n) is 15.2. The highest BCUT2D eigenvalue weighted by Crippen LogP contribution is 2.58. The third-order valence-corrected chi connectivity index (χ3v) is 6.60. The van der Waals surface area contributed by atoms with E-state index in [9.17, 15) is 4.79 Å². The van der Waals surface area contributed by atoms with Gasteiger partial charge < -0.3 is 4.90 Å². The molecule has 4 aliphatic carbocycles. The van der Waals surface area contributed by atoms with Crippen LogP contribution in [-0.4, -0.2) is 32.7 Å². The maximum atomic E-state index is 13.3. The molecular weight excluding hydrogens is 312 g/mol. The maximum Gasteiger partial charge on any atom is 0.257 e. The van der Waals surface area contributed by atoms with E-state index in [1.54, 1.807) is 6.20 Å². The molecule has 0 aromatic carbocycles. The summed E-state index contributed by atoms with van der Waals surface area (Å²) in [5.74, 6) is 2.43. The molecule has 5 rings (SSSR count). The normalized spacial score (nSPS) is 32.6. The number of nitrogens with zero attached hydrogens (tertiary/aromatic N) is 4. The van der Waals surface area contributed by atoms with E-state index in [1.807, 2.05) is 10.9 Å². The number of aryl methyl sites for hydroxylation is 1. The molecular formula is C20H28N4O. The highest BCUT2D eigenvalue weighted by Gasteiger charge is 2.54. The van der Waals surface area contributed by atoms with E-state index < -0.39 is 0 Å². The van der Waals surface area contributed by atoms with Crippen LogP contribution in [-0.2, 0) is 6.54 Å². The minimum atomic E-state index is -0.00442. The zero-order chi connectivity index (χ0) is 17.4. The highest BCUT2D eigenvalue weighted by molar-refractivity contribution is 5.94. The summed E-state index contributed by atoms with van der Waals surface area (Å²) in [7, 11) is 0. The van der Waals surface area contributed by atoms with Crippen LogP contribution in [0.1, 0.15) is 68.6 Å². The van der Waals surface area contributed by atoms with Crippen LogP contribution in [0.4, 0.5) is 0 Å². The summed E-state index contributed by atoms with van der Waals surface area (Å²) in [5.41, 5.74) is 0.678. The Morgan fingerprint density at radius 1 is 1.32 bits per heavy atom. The molecule has 1 aromatic heterocycles. The van der Waals surface area contributed by atoms with Gasteiger partial charge in [0.05, 0.1) is 24.3 Å². The zero-order valence-corrected chi connectivity index (χ0v) is 15.2. The number of hydrogen-bond donors (Lipinski definition) is 0. The van der Waals surface area contributed by atoms with Gasteiger partial charge >= 0.3 is 0 Å². The van der Waals surface area contributed by atoms with Crippen LogP contribution in [0.3, 0.4) is 0 Å². The van der Waals surface area contributed by atoms with E-state index in [2.05, 4.69) is 23.0 Å². The van der Waals surface area contributed by atoms with Crippen LogP contribution in [0, 0.1) is 29.1 Å². The lowest BCUT2D eigenvalue weighted by Gasteiger charge is -2.60. The summed E-state index contributed by atoms with van der Waals surface area (Å²) >= 11 is 0. The molecule has 0 aliphatic heterocycles. The van der Waals surface area contributed by atoms with Crippen molar-refractivity contribution in [1.82, 2.24) is 14.7 Å². The SMILES string of the molecule is CCCn1cc(C(=O)N(CCC#N)C23CC4CC(CC(C4)C2)C3)cn1. The van der Waals surface area contributed by atoms with Crippen LogP contribution in [0.5, 0.6) is 0 Å². The Hall–Kier alpha value is -1.83. The van der Waals surface area contributed by atoms with Crippen molar-refractivity contribution in [3.05, 3.63) is 18.0 Å². The average Bonchev–Trinajstić information content (AvgIpc) is 3.02. The van der Waals surface area contributed by atoms with Crippen molar-refractivity contribution in [1.29, 1.82) is 5.26 Å². The smallest absolute Gasteiger partial charge is 0.257 e. The molecule has 0 spiro atoms. The molecule has 4 bridgehead atoms. The number of carbonyl (C=O) groups is 1. The van der Waals surface area contributed by atoms with Gasteiger partial charge in [-0.1, -0.05) is 6.92 Å². The second-order valence-corrected chi connectivity index (χ2v) is 8.50. The summed E-state index contributed by atoms with van der Waals surface area (Å²) in [6, 6.07) is 2.25. The van der Waals surface area contributed by atoms with E-state index >= 15 is 0 Å². The van der Waals surface area contributed by atoms with Gasteiger partial charge in [0.2, 0.25) is 0 Å². The molecule has 0 atom stereocenters. The third-order valence-electron chi connectivity index (χ3n) is 6.60. The number of amides is 1. The number of nitriles is 1. The Bertz CT molecular complexity index is 651. The summed E-state index contributed by atoms with van der Waals surface area (Å²) < 4.78 is 1.86.